The minimum absolute atomic E-state index is 0.0284. The summed E-state index contributed by atoms with van der Waals surface area (Å²) in [6.45, 7) is 1.80. The van der Waals surface area contributed by atoms with Gasteiger partial charge in [-0.05, 0) is 48.2 Å². The van der Waals surface area contributed by atoms with E-state index in [1.165, 1.54) is 6.07 Å². The molecule has 0 aromatic heterocycles. The Morgan fingerprint density at radius 1 is 0.857 bits per heavy atom. The molecule has 0 atom stereocenters. The van der Waals surface area contributed by atoms with E-state index < -0.39 is 30.0 Å². The van der Waals surface area contributed by atoms with Gasteiger partial charge in [0.15, 0.2) is 0 Å². The van der Waals surface area contributed by atoms with Crippen molar-refractivity contribution in [1.82, 2.24) is 0 Å². The summed E-state index contributed by atoms with van der Waals surface area (Å²) in [5.74, 6) is 0. The lowest BCUT2D eigenvalue weighted by Gasteiger charge is -2.09. The number of aryl methyl sites for hydroxylation is 1. The summed E-state index contributed by atoms with van der Waals surface area (Å²) in [6, 6.07) is 11.4. The summed E-state index contributed by atoms with van der Waals surface area (Å²) in [5.41, 5.74) is 6.95. The number of nitrogens with zero attached hydrogens (tertiary/aromatic N) is 2. The molecule has 28 heavy (non-hydrogen) atoms. The SMILES string of the molecule is Cc1ccccc1N=Nc1cc2c(N)cc(S(=O)(=O)O)cc2cc1S(=O)(=O)O. The zero-order chi connectivity index (χ0) is 20.7. The minimum atomic E-state index is -4.71. The van der Waals surface area contributed by atoms with E-state index in [4.69, 9.17) is 5.73 Å². The zero-order valence-electron chi connectivity index (χ0n) is 14.4. The van der Waals surface area contributed by atoms with E-state index >= 15 is 0 Å². The highest BCUT2D eigenvalue weighted by molar-refractivity contribution is 7.86. The Balaban J connectivity index is 2.28. The molecule has 0 spiro atoms. The second kappa shape index (κ2) is 6.95. The fourth-order valence-electron chi connectivity index (χ4n) is 2.60. The van der Waals surface area contributed by atoms with Crippen LogP contribution < -0.4 is 5.73 Å². The Bertz CT molecular complexity index is 1330. The number of nitrogen functional groups attached to an aromatic ring is 1. The summed E-state index contributed by atoms with van der Waals surface area (Å²) in [6.07, 6.45) is 0. The molecule has 0 aliphatic rings. The molecule has 0 heterocycles. The molecule has 0 radical (unpaired) electrons. The van der Waals surface area contributed by atoms with Gasteiger partial charge in [0.2, 0.25) is 0 Å². The van der Waals surface area contributed by atoms with E-state index in [2.05, 4.69) is 10.2 Å². The van der Waals surface area contributed by atoms with Gasteiger partial charge in [0.05, 0.1) is 10.6 Å². The molecule has 0 unspecified atom stereocenters. The molecule has 9 nitrogen and oxygen atoms in total. The van der Waals surface area contributed by atoms with Crippen molar-refractivity contribution in [2.45, 2.75) is 16.7 Å². The van der Waals surface area contributed by atoms with Crippen LogP contribution in [0.25, 0.3) is 10.8 Å². The maximum atomic E-state index is 11.8. The maximum Gasteiger partial charge on any atom is 0.296 e. The van der Waals surface area contributed by atoms with Gasteiger partial charge in [0.25, 0.3) is 20.2 Å². The van der Waals surface area contributed by atoms with Crippen molar-refractivity contribution in [2.75, 3.05) is 5.73 Å². The molecule has 0 amide bonds. The second-order valence-electron chi connectivity index (χ2n) is 5.99. The lowest BCUT2D eigenvalue weighted by Crippen LogP contribution is -2.02. The highest BCUT2D eigenvalue weighted by Crippen LogP contribution is 2.35. The number of hydrogen-bond donors (Lipinski definition) is 3. The van der Waals surface area contributed by atoms with Crippen molar-refractivity contribution >= 4 is 48.1 Å². The van der Waals surface area contributed by atoms with Crippen LogP contribution in [0.2, 0.25) is 0 Å². The zero-order valence-corrected chi connectivity index (χ0v) is 16.1. The molecule has 3 rings (SSSR count). The standard InChI is InChI=1S/C17H15N3O6S2/c1-10-4-2-3-5-15(10)19-20-16-9-13-11(7-17(16)28(24,25)26)6-12(8-14(13)18)27(21,22)23/h2-9H,18H2,1H3,(H,21,22,23)(H,24,25,26). The third kappa shape index (κ3) is 4.02. The molecule has 0 saturated heterocycles. The van der Waals surface area contributed by atoms with E-state index in [1.54, 1.807) is 25.1 Å². The monoisotopic (exact) mass is 421 g/mol. The molecular weight excluding hydrogens is 406 g/mol. The average Bonchev–Trinajstić information content (AvgIpc) is 2.59. The van der Waals surface area contributed by atoms with E-state index in [1.807, 2.05) is 6.07 Å². The Morgan fingerprint density at radius 3 is 2.11 bits per heavy atom. The molecule has 0 aliphatic heterocycles. The summed E-state index contributed by atoms with van der Waals surface area (Å²) in [4.78, 5) is -1.09. The normalized spacial score (nSPS) is 12.7. The highest BCUT2D eigenvalue weighted by Gasteiger charge is 2.20. The van der Waals surface area contributed by atoms with E-state index in [-0.39, 0.29) is 22.1 Å². The molecule has 11 heteroatoms. The van der Waals surface area contributed by atoms with Crippen molar-refractivity contribution in [3.63, 3.8) is 0 Å². The molecule has 3 aromatic carbocycles. The number of anilines is 1. The number of benzene rings is 3. The van der Waals surface area contributed by atoms with Gasteiger partial charge < -0.3 is 5.73 Å². The lowest BCUT2D eigenvalue weighted by atomic mass is 10.1. The average molecular weight is 421 g/mol. The van der Waals surface area contributed by atoms with Gasteiger partial charge in [0, 0.05) is 11.1 Å². The van der Waals surface area contributed by atoms with Crippen LogP contribution in [0, 0.1) is 6.92 Å². The summed E-state index contributed by atoms with van der Waals surface area (Å²) >= 11 is 0. The molecule has 146 valence electrons. The van der Waals surface area contributed by atoms with Gasteiger partial charge in [0.1, 0.15) is 10.6 Å². The summed E-state index contributed by atoms with van der Waals surface area (Å²) in [5, 5.41) is 8.30. The van der Waals surface area contributed by atoms with Gasteiger partial charge in [-0.1, -0.05) is 18.2 Å². The quantitative estimate of drug-likeness (QED) is 0.329. The molecule has 0 saturated carbocycles. The molecular formula is C17H15N3O6S2. The molecule has 4 N–H and O–H groups in total. The van der Waals surface area contributed by atoms with Crippen LogP contribution in [-0.2, 0) is 20.2 Å². The van der Waals surface area contributed by atoms with Crippen LogP contribution in [0.5, 0.6) is 0 Å². The van der Waals surface area contributed by atoms with Crippen molar-refractivity contribution in [2.24, 2.45) is 10.2 Å². The number of fused-ring (bicyclic) bond motifs is 1. The number of nitrogens with two attached hydrogens (primary N) is 1. The van der Waals surface area contributed by atoms with Crippen LogP contribution in [0.1, 0.15) is 5.56 Å². The van der Waals surface area contributed by atoms with Crippen LogP contribution in [0.15, 0.2) is 68.6 Å². The van der Waals surface area contributed by atoms with Gasteiger partial charge in [-0.15, -0.1) is 5.11 Å². The molecule has 0 fully saturated rings. The van der Waals surface area contributed by atoms with Crippen LogP contribution in [-0.4, -0.2) is 25.9 Å². The lowest BCUT2D eigenvalue weighted by molar-refractivity contribution is 0.481. The minimum Gasteiger partial charge on any atom is -0.398 e. The molecule has 3 aromatic rings. The second-order valence-corrected chi connectivity index (χ2v) is 8.80. The Kier molecular flexibility index (Phi) is 4.93. The fraction of sp³-hybridized carbons (Fsp3) is 0.0588. The van der Waals surface area contributed by atoms with E-state index in [9.17, 15) is 25.9 Å². The Morgan fingerprint density at radius 2 is 1.50 bits per heavy atom. The van der Waals surface area contributed by atoms with Crippen LogP contribution in [0.3, 0.4) is 0 Å². The smallest absolute Gasteiger partial charge is 0.296 e. The number of azo groups is 1. The topological polar surface area (TPSA) is 159 Å². The third-order valence-corrected chi connectivity index (χ3v) is 5.71. The van der Waals surface area contributed by atoms with Gasteiger partial charge in [-0.3, -0.25) is 9.11 Å². The van der Waals surface area contributed by atoms with Crippen molar-refractivity contribution in [3.8, 4) is 0 Å². The predicted octanol–water partition coefficient (Wildman–Crippen LogP) is 3.64. The summed E-state index contributed by atoms with van der Waals surface area (Å²) < 4.78 is 65.1. The van der Waals surface area contributed by atoms with Crippen LogP contribution >= 0.6 is 0 Å². The van der Waals surface area contributed by atoms with Crippen LogP contribution in [0.4, 0.5) is 17.1 Å². The first-order chi connectivity index (χ1) is 13.0. The third-order valence-electron chi connectivity index (χ3n) is 3.99. The predicted molar refractivity (Wildman–Crippen MR) is 103 cm³/mol. The van der Waals surface area contributed by atoms with E-state index in [0.717, 1.165) is 23.8 Å². The van der Waals surface area contributed by atoms with E-state index in [0.29, 0.717) is 5.69 Å². The Hall–Kier alpha value is -2.86. The molecule has 0 aliphatic carbocycles. The fourth-order valence-corrected chi connectivity index (χ4v) is 3.79. The first-order valence-corrected chi connectivity index (χ1v) is 10.6. The van der Waals surface area contributed by atoms with Crippen molar-refractivity contribution in [3.05, 3.63) is 54.1 Å². The van der Waals surface area contributed by atoms with Crippen molar-refractivity contribution < 1.29 is 25.9 Å². The largest absolute Gasteiger partial charge is 0.398 e. The van der Waals surface area contributed by atoms with Gasteiger partial charge in [-0.25, -0.2) is 0 Å². The van der Waals surface area contributed by atoms with Gasteiger partial charge in [-0.2, -0.15) is 21.9 Å². The maximum absolute atomic E-state index is 11.8. The highest BCUT2D eigenvalue weighted by atomic mass is 32.2. The Labute approximate surface area is 161 Å². The first kappa shape index (κ1) is 19.9. The van der Waals surface area contributed by atoms with Gasteiger partial charge >= 0.3 is 0 Å². The number of hydrogen-bond acceptors (Lipinski definition) is 7. The summed E-state index contributed by atoms with van der Waals surface area (Å²) in [7, 11) is -9.27. The first-order valence-electron chi connectivity index (χ1n) is 7.76. The van der Waals surface area contributed by atoms with Crippen molar-refractivity contribution in [1.29, 1.82) is 0 Å². The molecule has 0 bridgehead atoms. The number of rotatable bonds is 4.